The van der Waals surface area contributed by atoms with Gasteiger partial charge in [-0.15, -0.1) is 0 Å². The molecule has 2 aromatic rings. The van der Waals surface area contributed by atoms with Gasteiger partial charge in [0.1, 0.15) is 5.52 Å². The van der Waals surface area contributed by atoms with Crippen LogP contribution in [0.5, 0.6) is 0 Å². The standard InChI is InChI=1S/C14H16ClN3O3S/c1-18-10-6-3-5-9(15)11(10)16-13(18)17-12(19)14(7-4-8-14)22(2,20)21/h3,5-6H,4,7-8H2,1-2H3,(H,16,17,19). The van der Waals surface area contributed by atoms with E-state index in [1.165, 1.54) is 0 Å². The van der Waals surface area contributed by atoms with Gasteiger partial charge in [0.25, 0.3) is 0 Å². The second kappa shape index (κ2) is 4.96. The van der Waals surface area contributed by atoms with E-state index in [9.17, 15) is 13.2 Å². The van der Waals surface area contributed by atoms with Gasteiger partial charge in [0.05, 0.1) is 10.5 Å². The number of aryl methyl sites for hydroxylation is 1. The number of nitrogens with one attached hydrogen (secondary N) is 1. The van der Waals surface area contributed by atoms with Crippen molar-refractivity contribution in [2.24, 2.45) is 7.05 Å². The molecule has 1 aliphatic rings. The first-order valence-corrected chi connectivity index (χ1v) is 9.15. The molecule has 3 rings (SSSR count). The summed E-state index contributed by atoms with van der Waals surface area (Å²) in [5.74, 6) is -0.223. The number of hydrogen-bond acceptors (Lipinski definition) is 4. The summed E-state index contributed by atoms with van der Waals surface area (Å²) in [7, 11) is -1.73. The lowest BCUT2D eigenvalue weighted by atomic mass is 9.83. The van der Waals surface area contributed by atoms with Crippen LogP contribution in [0.4, 0.5) is 5.95 Å². The number of sulfone groups is 1. The highest BCUT2D eigenvalue weighted by atomic mass is 35.5. The van der Waals surface area contributed by atoms with Crippen LogP contribution in [-0.2, 0) is 21.7 Å². The molecular formula is C14H16ClN3O3S. The van der Waals surface area contributed by atoms with Crippen LogP contribution in [0.3, 0.4) is 0 Å². The predicted molar refractivity (Wildman–Crippen MR) is 85.8 cm³/mol. The molecule has 1 N–H and O–H groups in total. The van der Waals surface area contributed by atoms with Crippen molar-refractivity contribution >= 4 is 44.3 Å². The summed E-state index contributed by atoms with van der Waals surface area (Å²) in [4.78, 5) is 16.8. The monoisotopic (exact) mass is 341 g/mol. The fraction of sp³-hybridized carbons (Fsp3) is 0.429. The fourth-order valence-corrected chi connectivity index (χ4v) is 4.40. The number of aromatic nitrogens is 2. The molecule has 1 saturated carbocycles. The van der Waals surface area contributed by atoms with Gasteiger partial charge >= 0.3 is 0 Å². The lowest BCUT2D eigenvalue weighted by molar-refractivity contribution is -0.120. The zero-order valence-corrected chi connectivity index (χ0v) is 13.8. The van der Waals surface area contributed by atoms with E-state index in [2.05, 4.69) is 10.3 Å². The molecule has 1 heterocycles. The average molecular weight is 342 g/mol. The predicted octanol–water partition coefficient (Wildman–Crippen LogP) is 2.13. The van der Waals surface area contributed by atoms with Gasteiger partial charge in [-0.2, -0.15) is 0 Å². The average Bonchev–Trinajstić information content (AvgIpc) is 2.65. The van der Waals surface area contributed by atoms with E-state index in [0.29, 0.717) is 29.3 Å². The summed E-state index contributed by atoms with van der Waals surface area (Å²) in [5.41, 5.74) is 1.34. The quantitative estimate of drug-likeness (QED) is 0.927. The largest absolute Gasteiger partial charge is 0.313 e. The molecule has 1 fully saturated rings. The Balaban J connectivity index is 1.99. The molecule has 1 aromatic carbocycles. The zero-order chi connectivity index (χ0) is 16.1. The van der Waals surface area contributed by atoms with E-state index in [4.69, 9.17) is 11.6 Å². The molecule has 1 aliphatic carbocycles. The van der Waals surface area contributed by atoms with Gasteiger partial charge in [0.15, 0.2) is 14.6 Å². The van der Waals surface area contributed by atoms with Crippen LogP contribution in [0.15, 0.2) is 18.2 Å². The Morgan fingerprint density at radius 2 is 2.09 bits per heavy atom. The van der Waals surface area contributed by atoms with E-state index in [0.717, 1.165) is 18.2 Å². The highest BCUT2D eigenvalue weighted by Gasteiger charge is 2.53. The van der Waals surface area contributed by atoms with E-state index in [1.807, 2.05) is 6.07 Å². The summed E-state index contributed by atoms with van der Waals surface area (Å²) in [5, 5.41) is 3.13. The van der Waals surface area contributed by atoms with Crippen molar-refractivity contribution in [2.75, 3.05) is 11.6 Å². The normalized spacial score (nSPS) is 17.2. The first kappa shape index (κ1) is 15.3. The molecule has 118 valence electrons. The van der Waals surface area contributed by atoms with Crippen molar-refractivity contribution in [1.82, 2.24) is 9.55 Å². The third-order valence-corrected chi connectivity index (χ3v) is 6.69. The molecule has 0 unspecified atom stereocenters. The topological polar surface area (TPSA) is 81.1 Å². The van der Waals surface area contributed by atoms with Crippen LogP contribution in [0.25, 0.3) is 11.0 Å². The maximum absolute atomic E-state index is 12.5. The van der Waals surface area contributed by atoms with E-state index < -0.39 is 20.5 Å². The minimum atomic E-state index is -3.47. The summed E-state index contributed by atoms with van der Waals surface area (Å²) in [6.07, 6.45) is 2.54. The number of para-hydroxylation sites is 1. The Bertz CT molecular complexity index is 869. The molecule has 0 aliphatic heterocycles. The number of carbonyl (C=O) groups is 1. The van der Waals surface area contributed by atoms with Gasteiger partial charge < -0.3 is 4.57 Å². The maximum Gasteiger partial charge on any atom is 0.248 e. The van der Waals surface area contributed by atoms with Gasteiger partial charge in [0.2, 0.25) is 11.9 Å². The van der Waals surface area contributed by atoms with Gasteiger partial charge in [0, 0.05) is 13.3 Å². The highest BCUT2D eigenvalue weighted by Crippen LogP contribution is 2.40. The zero-order valence-electron chi connectivity index (χ0n) is 12.3. The number of hydrogen-bond donors (Lipinski definition) is 1. The summed E-state index contributed by atoms with van der Waals surface area (Å²) in [6, 6.07) is 5.34. The number of amides is 1. The van der Waals surface area contributed by atoms with Crippen molar-refractivity contribution in [1.29, 1.82) is 0 Å². The molecule has 1 aromatic heterocycles. The lowest BCUT2D eigenvalue weighted by Gasteiger charge is -2.37. The first-order chi connectivity index (χ1) is 10.3. The van der Waals surface area contributed by atoms with Crippen LogP contribution in [0.1, 0.15) is 19.3 Å². The minimum Gasteiger partial charge on any atom is -0.313 e. The fourth-order valence-electron chi connectivity index (χ4n) is 2.77. The third kappa shape index (κ3) is 2.11. The summed E-state index contributed by atoms with van der Waals surface area (Å²) < 4.78 is 24.3. The number of anilines is 1. The third-order valence-electron chi connectivity index (χ3n) is 4.37. The van der Waals surface area contributed by atoms with Gasteiger partial charge in [-0.1, -0.05) is 17.7 Å². The summed E-state index contributed by atoms with van der Waals surface area (Å²) >= 11 is 6.10. The molecule has 0 atom stereocenters. The Labute approximate surface area is 133 Å². The van der Waals surface area contributed by atoms with Gasteiger partial charge in [-0.25, -0.2) is 13.4 Å². The Hall–Kier alpha value is -1.60. The van der Waals surface area contributed by atoms with Gasteiger partial charge in [-0.3, -0.25) is 10.1 Å². The van der Waals surface area contributed by atoms with Gasteiger partial charge in [-0.05, 0) is 31.4 Å². The molecule has 0 radical (unpaired) electrons. The second-order valence-corrected chi connectivity index (χ2v) is 8.41. The smallest absolute Gasteiger partial charge is 0.248 e. The Kier molecular flexibility index (Phi) is 3.45. The first-order valence-electron chi connectivity index (χ1n) is 6.88. The number of benzene rings is 1. The molecular weight excluding hydrogens is 326 g/mol. The van der Waals surface area contributed by atoms with Crippen LogP contribution < -0.4 is 5.32 Å². The van der Waals surface area contributed by atoms with E-state index >= 15 is 0 Å². The van der Waals surface area contributed by atoms with Crippen LogP contribution in [0.2, 0.25) is 5.02 Å². The maximum atomic E-state index is 12.5. The molecule has 8 heteroatoms. The van der Waals surface area contributed by atoms with Crippen molar-refractivity contribution in [3.63, 3.8) is 0 Å². The minimum absolute atomic E-state index is 0.294. The van der Waals surface area contributed by atoms with Crippen molar-refractivity contribution in [3.05, 3.63) is 23.2 Å². The second-order valence-electron chi connectivity index (χ2n) is 5.68. The molecule has 0 bridgehead atoms. The molecule has 0 spiro atoms. The van der Waals surface area contributed by atoms with E-state index in [1.54, 1.807) is 23.7 Å². The van der Waals surface area contributed by atoms with Crippen molar-refractivity contribution in [2.45, 2.75) is 24.0 Å². The highest BCUT2D eigenvalue weighted by molar-refractivity contribution is 7.93. The summed E-state index contributed by atoms with van der Waals surface area (Å²) in [6.45, 7) is 0. The lowest BCUT2D eigenvalue weighted by Crippen LogP contribution is -2.54. The Morgan fingerprint density at radius 3 is 2.59 bits per heavy atom. The number of nitrogens with zero attached hydrogens (tertiary/aromatic N) is 2. The number of halogens is 1. The van der Waals surface area contributed by atoms with Crippen molar-refractivity contribution in [3.8, 4) is 0 Å². The number of carbonyl (C=O) groups excluding carboxylic acids is 1. The molecule has 22 heavy (non-hydrogen) atoms. The number of fused-ring (bicyclic) bond motifs is 1. The number of rotatable bonds is 3. The molecule has 1 amide bonds. The SMILES string of the molecule is Cn1c(NC(=O)C2(S(C)(=O)=O)CCC2)nc2c(Cl)cccc21. The van der Waals surface area contributed by atoms with Crippen LogP contribution in [0, 0.1) is 0 Å². The van der Waals surface area contributed by atoms with Crippen LogP contribution in [-0.4, -0.2) is 34.9 Å². The van der Waals surface area contributed by atoms with Crippen molar-refractivity contribution < 1.29 is 13.2 Å². The van der Waals surface area contributed by atoms with E-state index in [-0.39, 0.29) is 0 Å². The number of imidazole rings is 1. The molecule has 6 nitrogen and oxygen atoms in total. The van der Waals surface area contributed by atoms with Crippen LogP contribution >= 0.6 is 11.6 Å². The molecule has 0 saturated heterocycles. The Morgan fingerprint density at radius 1 is 1.41 bits per heavy atom.